The molecule has 2 aliphatic rings. The van der Waals surface area contributed by atoms with E-state index in [0.29, 0.717) is 24.1 Å². The summed E-state index contributed by atoms with van der Waals surface area (Å²) < 4.78 is 5.57. The Kier molecular flexibility index (Phi) is 6.69. The number of carbonyl (C=O) groups excluding carboxylic acids is 2. The van der Waals surface area contributed by atoms with Crippen LogP contribution in [0.1, 0.15) is 36.0 Å². The zero-order valence-corrected chi connectivity index (χ0v) is 17.2. The number of anilines is 1. The lowest BCUT2D eigenvalue weighted by Gasteiger charge is -2.36. The third-order valence-corrected chi connectivity index (χ3v) is 6.07. The predicted octanol–water partition coefficient (Wildman–Crippen LogP) is 1.56. The molecule has 0 radical (unpaired) electrons. The Morgan fingerprint density at radius 3 is 2.54 bits per heavy atom. The van der Waals surface area contributed by atoms with Crippen LogP contribution in [-0.4, -0.2) is 80.6 Å². The van der Waals surface area contributed by atoms with Crippen molar-refractivity contribution in [2.75, 3.05) is 52.7 Å². The van der Waals surface area contributed by atoms with Gasteiger partial charge in [-0.05, 0) is 76.6 Å². The molecule has 0 spiro atoms. The summed E-state index contributed by atoms with van der Waals surface area (Å²) in [5, 5.41) is 6.19. The zero-order valence-electron chi connectivity index (χ0n) is 17.2. The molecule has 0 saturated carbocycles. The molecule has 2 saturated heterocycles. The topological polar surface area (TPSA) is 73.9 Å². The van der Waals surface area contributed by atoms with Gasteiger partial charge in [0.15, 0.2) is 0 Å². The highest BCUT2D eigenvalue weighted by molar-refractivity contribution is 5.98. The Morgan fingerprint density at radius 2 is 1.93 bits per heavy atom. The van der Waals surface area contributed by atoms with E-state index in [2.05, 4.69) is 22.6 Å². The minimum absolute atomic E-state index is 0.0184. The molecule has 154 valence electrons. The van der Waals surface area contributed by atoms with Crippen molar-refractivity contribution in [1.82, 2.24) is 15.1 Å². The van der Waals surface area contributed by atoms with Gasteiger partial charge in [0.05, 0.1) is 0 Å². The van der Waals surface area contributed by atoms with Gasteiger partial charge in [0.2, 0.25) is 0 Å². The van der Waals surface area contributed by atoms with Crippen LogP contribution in [0, 0.1) is 0 Å². The summed E-state index contributed by atoms with van der Waals surface area (Å²) in [6.07, 6.45) is 3.44. The van der Waals surface area contributed by atoms with Crippen molar-refractivity contribution in [1.29, 1.82) is 0 Å². The third-order valence-electron chi connectivity index (χ3n) is 6.07. The van der Waals surface area contributed by atoms with E-state index >= 15 is 0 Å². The first-order valence-electron chi connectivity index (χ1n) is 10.1. The highest BCUT2D eigenvalue weighted by Crippen LogP contribution is 2.25. The highest BCUT2D eigenvalue weighted by Gasteiger charge is 2.39. The van der Waals surface area contributed by atoms with Crippen molar-refractivity contribution in [3.63, 3.8) is 0 Å². The van der Waals surface area contributed by atoms with Crippen molar-refractivity contribution in [3.05, 3.63) is 29.8 Å². The zero-order chi connectivity index (χ0) is 20.1. The number of methoxy groups -OCH3 is 1. The van der Waals surface area contributed by atoms with Gasteiger partial charge in [-0.25, -0.2) is 0 Å². The number of benzene rings is 1. The lowest BCUT2D eigenvalue weighted by atomic mass is 9.91. The van der Waals surface area contributed by atoms with Gasteiger partial charge in [-0.15, -0.1) is 0 Å². The largest absolute Gasteiger partial charge is 0.368 e. The number of piperidine rings is 2. The lowest BCUT2D eigenvalue weighted by molar-refractivity contribution is -0.140. The predicted molar refractivity (Wildman–Crippen MR) is 110 cm³/mol. The van der Waals surface area contributed by atoms with Gasteiger partial charge in [0, 0.05) is 38.0 Å². The number of amides is 2. The molecule has 1 aromatic carbocycles. The van der Waals surface area contributed by atoms with Crippen molar-refractivity contribution >= 4 is 17.5 Å². The molecule has 2 amide bonds. The summed E-state index contributed by atoms with van der Waals surface area (Å²) in [6.45, 7) is 3.52. The molecule has 1 unspecified atom stereocenters. The fourth-order valence-electron chi connectivity index (χ4n) is 4.12. The Balaban J connectivity index is 1.62. The van der Waals surface area contributed by atoms with Crippen LogP contribution in [-0.2, 0) is 9.53 Å². The first kappa shape index (κ1) is 20.8. The van der Waals surface area contributed by atoms with Gasteiger partial charge in [-0.1, -0.05) is 0 Å². The number of likely N-dealkylation sites (tertiary alicyclic amines) is 1. The van der Waals surface area contributed by atoms with Crippen LogP contribution in [0.5, 0.6) is 0 Å². The number of ether oxygens (including phenoxy) is 1. The molecule has 0 aromatic heterocycles. The molecule has 2 N–H and O–H groups in total. The quantitative estimate of drug-likeness (QED) is 0.801. The molecule has 3 rings (SSSR count). The summed E-state index contributed by atoms with van der Waals surface area (Å²) in [5.41, 5.74) is 0.529. The monoisotopic (exact) mass is 388 g/mol. The minimum Gasteiger partial charge on any atom is -0.368 e. The maximum absolute atomic E-state index is 12.8. The molecule has 1 atom stereocenters. The number of hydrogen-bond acceptors (Lipinski definition) is 5. The molecule has 0 aliphatic carbocycles. The van der Waals surface area contributed by atoms with Crippen LogP contribution in [0.3, 0.4) is 0 Å². The van der Waals surface area contributed by atoms with Crippen LogP contribution in [0.15, 0.2) is 24.3 Å². The Bertz CT molecular complexity index is 685. The summed E-state index contributed by atoms with van der Waals surface area (Å²) >= 11 is 0. The molecule has 2 heterocycles. The molecule has 1 aromatic rings. The SMILES string of the molecule is COC1(C(=O)Nc2ccc(C(=O)N(C)C3CCCN(C)C3)cc2)CCNCC1. The maximum Gasteiger partial charge on any atom is 0.256 e. The number of nitrogens with zero attached hydrogens (tertiary/aromatic N) is 2. The van der Waals surface area contributed by atoms with Gasteiger partial charge in [0.1, 0.15) is 5.60 Å². The normalized spacial score (nSPS) is 22.5. The number of rotatable bonds is 5. The first-order valence-corrected chi connectivity index (χ1v) is 10.1. The van der Waals surface area contributed by atoms with Gasteiger partial charge in [-0.3, -0.25) is 9.59 Å². The Morgan fingerprint density at radius 1 is 1.25 bits per heavy atom. The minimum atomic E-state index is -0.785. The van der Waals surface area contributed by atoms with E-state index in [4.69, 9.17) is 4.74 Å². The molecule has 2 fully saturated rings. The fraction of sp³-hybridized carbons (Fsp3) is 0.619. The van der Waals surface area contributed by atoms with Gasteiger partial charge >= 0.3 is 0 Å². The second-order valence-electron chi connectivity index (χ2n) is 7.95. The van der Waals surface area contributed by atoms with E-state index in [-0.39, 0.29) is 17.9 Å². The van der Waals surface area contributed by atoms with E-state index in [1.807, 2.05) is 11.9 Å². The molecule has 0 bridgehead atoms. The van der Waals surface area contributed by atoms with Crippen molar-refractivity contribution in [2.24, 2.45) is 0 Å². The molecule has 28 heavy (non-hydrogen) atoms. The van der Waals surface area contributed by atoms with E-state index in [1.165, 1.54) is 0 Å². The molecule has 2 aliphatic heterocycles. The van der Waals surface area contributed by atoms with E-state index < -0.39 is 5.60 Å². The standard InChI is InChI=1S/C21H32N4O3/c1-24-14-4-5-18(15-24)25(2)19(26)16-6-8-17(9-7-16)23-20(27)21(28-3)10-12-22-13-11-21/h6-9,18,22H,4-5,10-15H2,1-3H3,(H,23,27). The molecule has 7 nitrogen and oxygen atoms in total. The van der Waals surface area contributed by atoms with Crippen molar-refractivity contribution in [2.45, 2.75) is 37.3 Å². The third kappa shape index (κ3) is 4.54. The smallest absolute Gasteiger partial charge is 0.256 e. The lowest BCUT2D eigenvalue weighted by Crippen LogP contribution is -2.51. The summed E-state index contributed by atoms with van der Waals surface area (Å²) in [6, 6.07) is 7.38. The second-order valence-corrected chi connectivity index (χ2v) is 7.95. The average molecular weight is 389 g/mol. The van der Waals surface area contributed by atoms with Crippen LogP contribution >= 0.6 is 0 Å². The van der Waals surface area contributed by atoms with Crippen molar-refractivity contribution in [3.8, 4) is 0 Å². The Labute approximate surface area is 167 Å². The van der Waals surface area contributed by atoms with Gasteiger partial charge in [-0.2, -0.15) is 0 Å². The fourth-order valence-corrected chi connectivity index (χ4v) is 4.12. The average Bonchev–Trinajstić information content (AvgIpc) is 2.73. The van der Waals surface area contributed by atoms with Crippen LogP contribution in [0.2, 0.25) is 0 Å². The summed E-state index contributed by atoms with van der Waals surface area (Å²) in [5.74, 6) is -0.108. The van der Waals surface area contributed by atoms with E-state index in [1.54, 1.807) is 31.4 Å². The molecule has 7 heteroatoms. The Hall–Kier alpha value is -1.96. The summed E-state index contributed by atoms with van der Waals surface area (Å²) in [7, 11) is 5.56. The second kappa shape index (κ2) is 9.03. The van der Waals surface area contributed by atoms with Crippen LogP contribution < -0.4 is 10.6 Å². The van der Waals surface area contributed by atoms with Gasteiger partial charge < -0.3 is 25.2 Å². The van der Waals surface area contributed by atoms with Gasteiger partial charge in [0.25, 0.3) is 11.8 Å². The number of hydrogen-bond donors (Lipinski definition) is 2. The summed E-state index contributed by atoms with van der Waals surface area (Å²) in [4.78, 5) is 29.7. The number of nitrogens with one attached hydrogen (secondary N) is 2. The number of carbonyl (C=O) groups is 2. The maximum atomic E-state index is 12.8. The number of likely N-dealkylation sites (N-methyl/N-ethyl adjacent to an activating group) is 2. The van der Waals surface area contributed by atoms with Crippen LogP contribution in [0.25, 0.3) is 0 Å². The first-order chi connectivity index (χ1) is 13.4. The van der Waals surface area contributed by atoms with Crippen LogP contribution in [0.4, 0.5) is 5.69 Å². The van der Waals surface area contributed by atoms with E-state index in [0.717, 1.165) is 39.0 Å². The van der Waals surface area contributed by atoms with E-state index in [9.17, 15) is 9.59 Å². The molecular formula is C21H32N4O3. The van der Waals surface area contributed by atoms with Crippen molar-refractivity contribution < 1.29 is 14.3 Å². The highest BCUT2D eigenvalue weighted by atomic mass is 16.5. The molecular weight excluding hydrogens is 356 g/mol.